The first-order valence-corrected chi connectivity index (χ1v) is 31.7. The molecule has 0 radical (unpaired) electrons. The van der Waals surface area contributed by atoms with Crippen LogP contribution in [0.5, 0.6) is 0 Å². The lowest BCUT2D eigenvalue weighted by Gasteiger charge is -2.18. The van der Waals surface area contributed by atoms with Gasteiger partial charge in [0.15, 0.2) is 6.10 Å². The van der Waals surface area contributed by atoms with Gasteiger partial charge in [0.05, 0.1) is 0 Å². The molecule has 0 aliphatic carbocycles. The van der Waals surface area contributed by atoms with E-state index in [1.165, 1.54) is 96.3 Å². The van der Waals surface area contributed by atoms with Gasteiger partial charge in [-0.1, -0.05) is 276 Å². The van der Waals surface area contributed by atoms with Gasteiger partial charge in [0, 0.05) is 19.3 Å². The minimum absolute atomic E-state index is 0.0969. The maximum absolute atomic E-state index is 12.8. The number of hydrogen-bond donors (Lipinski definition) is 0. The second kappa shape index (κ2) is 64.1. The predicted molar refractivity (Wildman–Crippen MR) is 334 cm³/mol. The van der Waals surface area contributed by atoms with Gasteiger partial charge in [0.2, 0.25) is 0 Å². The van der Waals surface area contributed by atoms with Gasteiger partial charge in [0.1, 0.15) is 13.2 Å². The standard InChI is InChI=1S/C71H116O6/c1-4-7-10-13-15-17-19-21-23-25-27-29-30-31-32-33-34-35-36-37-38-39-40-42-43-45-47-49-51-53-55-58-61-64-70(73)76-67-68(66-75-69(72)63-60-57-12-9-6-3)77-71(74)65-62-59-56-54-52-50-48-46-44-41-28-26-24-22-20-18-16-14-11-8-5-2/h7-8,10-11,15-18,21-24,27-29,31-32,41,46,48,52,54,68H,4-6,9,12-14,19-20,25-26,30,33-40,42-45,47,49-51,53,55-67H2,1-3H3/b10-7-,11-8-,17-15-,18-16-,23-21-,24-22-,29-27-,32-31-,41-28-,48-46-,54-52-. The second-order valence-electron chi connectivity index (χ2n) is 20.6. The second-order valence-corrected chi connectivity index (χ2v) is 20.6. The lowest BCUT2D eigenvalue weighted by molar-refractivity contribution is -0.167. The van der Waals surface area contributed by atoms with Crippen molar-refractivity contribution in [2.24, 2.45) is 0 Å². The van der Waals surface area contributed by atoms with E-state index < -0.39 is 6.10 Å². The van der Waals surface area contributed by atoms with Crippen LogP contribution in [0.4, 0.5) is 0 Å². The van der Waals surface area contributed by atoms with Crippen molar-refractivity contribution in [2.45, 2.75) is 284 Å². The zero-order chi connectivity index (χ0) is 55.7. The molecule has 0 aromatic rings. The van der Waals surface area contributed by atoms with E-state index in [0.29, 0.717) is 19.3 Å². The normalized spacial score (nSPS) is 13.0. The summed E-state index contributed by atoms with van der Waals surface area (Å²) in [6.07, 6.45) is 90.9. The monoisotopic (exact) mass is 1060 g/mol. The van der Waals surface area contributed by atoms with Gasteiger partial charge in [-0.05, 0) is 116 Å². The fourth-order valence-corrected chi connectivity index (χ4v) is 8.47. The van der Waals surface area contributed by atoms with Crippen molar-refractivity contribution in [2.75, 3.05) is 13.2 Å². The third kappa shape index (κ3) is 62.3. The summed E-state index contributed by atoms with van der Waals surface area (Å²) < 4.78 is 16.7. The van der Waals surface area contributed by atoms with Crippen LogP contribution >= 0.6 is 0 Å². The molecule has 436 valence electrons. The molecular formula is C71H116O6. The van der Waals surface area contributed by atoms with E-state index in [2.05, 4.69) is 154 Å². The molecule has 0 heterocycles. The number of hydrogen-bond acceptors (Lipinski definition) is 6. The summed E-state index contributed by atoms with van der Waals surface area (Å²) >= 11 is 0. The Balaban J connectivity index is 4.05. The average Bonchev–Trinajstić information content (AvgIpc) is 3.43. The molecule has 1 unspecified atom stereocenters. The van der Waals surface area contributed by atoms with E-state index in [9.17, 15) is 14.4 Å². The molecule has 6 nitrogen and oxygen atoms in total. The molecule has 0 aliphatic rings. The Morgan fingerprint density at radius 1 is 0.273 bits per heavy atom. The van der Waals surface area contributed by atoms with Gasteiger partial charge in [-0.3, -0.25) is 14.4 Å². The highest BCUT2D eigenvalue weighted by Crippen LogP contribution is 2.16. The Bertz CT molecular complexity index is 1650. The van der Waals surface area contributed by atoms with Crippen LogP contribution in [0.3, 0.4) is 0 Å². The first kappa shape index (κ1) is 72.5. The van der Waals surface area contributed by atoms with Crippen molar-refractivity contribution in [1.82, 2.24) is 0 Å². The summed E-state index contributed by atoms with van der Waals surface area (Å²) in [7, 11) is 0. The van der Waals surface area contributed by atoms with Crippen molar-refractivity contribution in [3.63, 3.8) is 0 Å². The van der Waals surface area contributed by atoms with Crippen molar-refractivity contribution in [1.29, 1.82) is 0 Å². The van der Waals surface area contributed by atoms with Crippen molar-refractivity contribution in [3.8, 4) is 0 Å². The number of ether oxygens (including phenoxy) is 3. The molecule has 0 aliphatic heterocycles. The van der Waals surface area contributed by atoms with E-state index in [0.717, 1.165) is 135 Å². The van der Waals surface area contributed by atoms with Crippen LogP contribution in [0.1, 0.15) is 278 Å². The van der Waals surface area contributed by atoms with Crippen LogP contribution < -0.4 is 0 Å². The highest BCUT2D eigenvalue weighted by atomic mass is 16.6. The third-order valence-electron chi connectivity index (χ3n) is 13.2. The van der Waals surface area contributed by atoms with Gasteiger partial charge in [-0.25, -0.2) is 0 Å². The Hall–Kier alpha value is -4.45. The minimum Gasteiger partial charge on any atom is -0.462 e. The summed E-state index contributed by atoms with van der Waals surface area (Å²) in [5, 5.41) is 0. The van der Waals surface area contributed by atoms with Crippen LogP contribution in [0.2, 0.25) is 0 Å². The van der Waals surface area contributed by atoms with E-state index in [1.54, 1.807) is 0 Å². The Morgan fingerprint density at radius 3 is 0.818 bits per heavy atom. The summed E-state index contributed by atoms with van der Waals surface area (Å²) in [6.45, 7) is 6.29. The maximum Gasteiger partial charge on any atom is 0.306 e. The molecule has 0 saturated carbocycles. The number of rotatable bonds is 56. The van der Waals surface area contributed by atoms with Crippen LogP contribution in [-0.4, -0.2) is 37.2 Å². The van der Waals surface area contributed by atoms with Gasteiger partial charge in [-0.2, -0.15) is 0 Å². The van der Waals surface area contributed by atoms with Crippen molar-refractivity contribution in [3.05, 3.63) is 134 Å². The molecule has 0 rings (SSSR count). The zero-order valence-electron chi connectivity index (χ0n) is 49.9. The van der Waals surface area contributed by atoms with Crippen molar-refractivity contribution >= 4 is 17.9 Å². The number of carbonyl (C=O) groups excluding carboxylic acids is 3. The van der Waals surface area contributed by atoms with Gasteiger partial charge in [0.25, 0.3) is 0 Å². The molecule has 1 atom stereocenters. The molecule has 0 saturated heterocycles. The molecule has 0 N–H and O–H groups in total. The smallest absolute Gasteiger partial charge is 0.306 e. The number of unbranched alkanes of at least 4 members (excludes halogenated alkanes) is 23. The molecule has 0 aromatic carbocycles. The largest absolute Gasteiger partial charge is 0.462 e. The summed E-state index contributed by atoms with van der Waals surface area (Å²) in [4.78, 5) is 37.9. The third-order valence-corrected chi connectivity index (χ3v) is 13.2. The lowest BCUT2D eigenvalue weighted by atomic mass is 10.0. The summed E-state index contributed by atoms with van der Waals surface area (Å²) in [5.41, 5.74) is 0. The molecule has 0 fully saturated rings. The Kier molecular flexibility index (Phi) is 60.4. The molecule has 0 spiro atoms. The van der Waals surface area contributed by atoms with Gasteiger partial charge < -0.3 is 14.2 Å². The fourth-order valence-electron chi connectivity index (χ4n) is 8.47. The highest BCUT2D eigenvalue weighted by molar-refractivity contribution is 5.71. The Morgan fingerprint density at radius 2 is 0.506 bits per heavy atom. The first-order valence-electron chi connectivity index (χ1n) is 31.7. The molecular weight excluding hydrogens is 949 g/mol. The Labute approximate surface area is 475 Å². The lowest BCUT2D eigenvalue weighted by Crippen LogP contribution is -2.30. The minimum atomic E-state index is -0.800. The molecule has 0 aromatic heterocycles. The quantitative estimate of drug-likeness (QED) is 0.0261. The average molecular weight is 1070 g/mol. The molecule has 0 bridgehead atoms. The zero-order valence-corrected chi connectivity index (χ0v) is 49.9. The van der Waals surface area contributed by atoms with E-state index in [-0.39, 0.29) is 37.5 Å². The van der Waals surface area contributed by atoms with Crippen molar-refractivity contribution < 1.29 is 28.6 Å². The van der Waals surface area contributed by atoms with E-state index >= 15 is 0 Å². The summed E-state index contributed by atoms with van der Waals surface area (Å²) in [5.74, 6) is -0.954. The van der Waals surface area contributed by atoms with Gasteiger partial charge >= 0.3 is 17.9 Å². The van der Waals surface area contributed by atoms with Crippen LogP contribution in [0, 0.1) is 0 Å². The van der Waals surface area contributed by atoms with Crippen LogP contribution in [-0.2, 0) is 28.6 Å². The van der Waals surface area contributed by atoms with Crippen LogP contribution in [0.15, 0.2) is 134 Å². The predicted octanol–water partition coefficient (Wildman–Crippen LogP) is 21.8. The SMILES string of the molecule is CC/C=C\C/C=C\C/C=C\C/C=C\C/C=C\C/C=C\CCCCC(=O)OC(COC(=O)CCCCCCC)COC(=O)CCCCCCCCCCCCCCCCCCC/C=C\C/C=C\C/C=C\C/C=C\C/C=C\CC. The fraction of sp³-hybridized carbons (Fsp3) is 0.648. The number of carbonyl (C=O) groups is 3. The first-order chi connectivity index (χ1) is 38.0. The maximum atomic E-state index is 12.8. The van der Waals surface area contributed by atoms with E-state index in [1.807, 2.05) is 0 Å². The van der Waals surface area contributed by atoms with Gasteiger partial charge in [-0.15, -0.1) is 0 Å². The summed E-state index contributed by atoms with van der Waals surface area (Å²) in [6, 6.07) is 0. The molecule has 0 amide bonds. The number of esters is 3. The highest BCUT2D eigenvalue weighted by Gasteiger charge is 2.19. The molecule has 77 heavy (non-hydrogen) atoms. The molecule has 6 heteroatoms. The number of allylic oxidation sites excluding steroid dienone is 22. The van der Waals surface area contributed by atoms with Crippen LogP contribution in [0.25, 0.3) is 0 Å². The topological polar surface area (TPSA) is 78.9 Å². The van der Waals surface area contributed by atoms with E-state index in [4.69, 9.17) is 14.2 Å².